The first-order valence-corrected chi connectivity index (χ1v) is 12.8. The minimum Gasteiger partial charge on any atom is -0.355 e. The minimum atomic E-state index is -0.287. The molecule has 0 aliphatic carbocycles. The Morgan fingerprint density at radius 1 is 1.38 bits per heavy atom. The van der Waals surface area contributed by atoms with Crippen molar-refractivity contribution in [2.24, 2.45) is 0 Å². The lowest BCUT2D eigenvalue weighted by molar-refractivity contribution is 0.0894. The van der Waals surface area contributed by atoms with Crippen LogP contribution in [0.3, 0.4) is 0 Å². The third-order valence-corrected chi connectivity index (χ3v) is 7.40. The van der Waals surface area contributed by atoms with Gasteiger partial charge in [0.1, 0.15) is 17.3 Å². The van der Waals surface area contributed by atoms with E-state index < -0.39 is 0 Å². The number of thiophene rings is 1. The van der Waals surface area contributed by atoms with Crippen molar-refractivity contribution in [2.45, 2.75) is 65.1 Å². The topological polar surface area (TPSA) is 100.0 Å². The highest BCUT2D eigenvalue weighted by Crippen LogP contribution is 2.31. The van der Waals surface area contributed by atoms with Crippen molar-refractivity contribution >= 4 is 28.8 Å². The number of nitriles is 1. The number of hydrogen-bond acceptors (Lipinski definition) is 7. The van der Waals surface area contributed by atoms with E-state index in [-0.39, 0.29) is 17.6 Å². The van der Waals surface area contributed by atoms with Crippen molar-refractivity contribution in [3.8, 4) is 16.7 Å². The lowest BCUT2D eigenvalue weighted by atomic mass is 10.0. The van der Waals surface area contributed by atoms with Crippen LogP contribution in [0.25, 0.3) is 10.6 Å². The maximum atomic E-state index is 13.1. The first-order valence-electron chi connectivity index (χ1n) is 11.7. The van der Waals surface area contributed by atoms with E-state index in [1.54, 1.807) is 4.68 Å². The average molecular weight is 501 g/mol. The Bertz CT molecular complexity index is 1180. The standard InChI is InChI=1S/C24H29ClN6O2S/c1-4-5-19-18(13-26)23(24(32)27-16-8-10-30(11-9-16)15(2)3)28-31(19)14-17-12-20(33-29-17)21-6-7-22(25)34-21/h6-7,12,15-16H,4-5,8-11,14H2,1-3H3,(H,27,32). The van der Waals surface area contributed by atoms with E-state index in [1.165, 1.54) is 11.3 Å². The van der Waals surface area contributed by atoms with Crippen molar-refractivity contribution < 1.29 is 9.32 Å². The van der Waals surface area contributed by atoms with Crippen LogP contribution >= 0.6 is 22.9 Å². The van der Waals surface area contributed by atoms with Crippen molar-refractivity contribution in [2.75, 3.05) is 13.1 Å². The highest BCUT2D eigenvalue weighted by Gasteiger charge is 2.27. The molecule has 0 spiro atoms. The van der Waals surface area contributed by atoms with E-state index in [0.717, 1.165) is 42.9 Å². The van der Waals surface area contributed by atoms with E-state index in [9.17, 15) is 10.1 Å². The van der Waals surface area contributed by atoms with Gasteiger partial charge < -0.3 is 14.7 Å². The molecule has 0 atom stereocenters. The summed E-state index contributed by atoms with van der Waals surface area (Å²) in [7, 11) is 0. The van der Waals surface area contributed by atoms with Gasteiger partial charge in [-0.2, -0.15) is 10.4 Å². The third-order valence-electron chi connectivity index (χ3n) is 6.15. The molecule has 1 N–H and O–H groups in total. The number of carbonyl (C=O) groups excluding carboxylic acids is 1. The summed E-state index contributed by atoms with van der Waals surface area (Å²) in [6.45, 7) is 8.63. The van der Waals surface area contributed by atoms with Gasteiger partial charge in [0, 0.05) is 31.2 Å². The summed E-state index contributed by atoms with van der Waals surface area (Å²) in [5.74, 6) is 0.340. The van der Waals surface area contributed by atoms with E-state index >= 15 is 0 Å². The largest absolute Gasteiger partial charge is 0.355 e. The van der Waals surface area contributed by atoms with Crippen LogP contribution in [0.4, 0.5) is 0 Å². The van der Waals surface area contributed by atoms with Crippen LogP contribution in [0.15, 0.2) is 22.7 Å². The highest BCUT2D eigenvalue weighted by molar-refractivity contribution is 7.19. The average Bonchev–Trinajstić information content (AvgIpc) is 3.54. The van der Waals surface area contributed by atoms with Gasteiger partial charge in [0.25, 0.3) is 5.91 Å². The van der Waals surface area contributed by atoms with E-state index in [0.29, 0.717) is 40.4 Å². The molecule has 34 heavy (non-hydrogen) atoms. The van der Waals surface area contributed by atoms with Gasteiger partial charge in [0.15, 0.2) is 11.5 Å². The van der Waals surface area contributed by atoms with Gasteiger partial charge >= 0.3 is 0 Å². The van der Waals surface area contributed by atoms with Crippen molar-refractivity contribution in [1.29, 1.82) is 5.26 Å². The lowest BCUT2D eigenvalue weighted by Gasteiger charge is -2.34. The van der Waals surface area contributed by atoms with Crippen LogP contribution in [-0.2, 0) is 13.0 Å². The molecule has 4 heterocycles. The summed E-state index contributed by atoms with van der Waals surface area (Å²) >= 11 is 7.44. The zero-order valence-electron chi connectivity index (χ0n) is 19.7. The summed E-state index contributed by atoms with van der Waals surface area (Å²) in [5, 5.41) is 21.7. The number of halogens is 1. The molecule has 1 saturated heterocycles. The number of hydrogen-bond donors (Lipinski definition) is 1. The molecule has 0 radical (unpaired) electrons. The first kappa shape index (κ1) is 24.5. The van der Waals surface area contributed by atoms with Gasteiger partial charge in [-0.15, -0.1) is 11.3 Å². The van der Waals surface area contributed by atoms with Gasteiger partial charge in [-0.25, -0.2) is 0 Å². The van der Waals surface area contributed by atoms with E-state index in [1.807, 2.05) is 25.1 Å². The Kier molecular flexibility index (Phi) is 7.71. The second kappa shape index (κ2) is 10.7. The fraction of sp³-hybridized carbons (Fsp3) is 0.500. The Labute approximate surface area is 208 Å². The predicted octanol–water partition coefficient (Wildman–Crippen LogP) is 4.73. The second-order valence-corrected chi connectivity index (χ2v) is 10.6. The van der Waals surface area contributed by atoms with Crippen molar-refractivity contribution in [3.05, 3.63) is 45.2 Å². The Hall–Kier alpha value is -2.67. The number of nitrogens with zero attached hydrogens (tertiary/aromatic N) is 5. The van der Waals surface area contributed by atoms with E-state index in [4.69, 9.17) is 16.1 Å². The van der Waals surface area contributed by atoms with Gasteiger partial charge in [-0.3, -0.25) is 9.48 Å². The normalized spacial score (nSPS) is 15.1. The summed E-state index contributed by atoms with van der Waals surface area (Å²) < 4.78 is 7.87. The molecule has 0 unspecified atom stereocenters. The molecule has 3 aromatic heterocycles. The number of likely N-dealkylation sites (tertiary alicyclic amines) is 1. The molecular formula is C24H29ClN6O2S. The summed E-state index contributed by atoms with van der Waals surface area (Å²) in [4.78, 5) is 16.4. The Morgan fingerprint density at radius 2 is 2.15 bits per heavy atom. The van der Waals surface area contributed by atoms with Crippen LogP contribution < -0.4 is 5.32 Å². The van der Waals surface area contributed by atoms with Crippen LogP contribution in [-0.4, -0.2) is 50.9 Å². The molecule has 0 saturated carbocycles. The van der Waals surface area contributed by atoms with Gasteiger partial charge in [-0.05, 0) is 45.2 Å². The van der Waals surface area contributed by atoms with Crippen molar-refractivity contribution in [1.82, 2.24) is 25.2 Å². The smallest absolute Gasteiger partial charge is 0.273 e. The van der Waals surface area contributed by atoms with Gasteiger partial charge in [-0.1, -0.05) is 30.1 Å². The third kappa shape index (κ3) is 5.35. The number of nitrogens with one attached hydrogen (secondary N) is 1. The zero-order chi connectivity index (χ0) is 24.2. The molecule has 180 valence electrons. The molecule has 0 bridgehead atoms. The molecule has 1 aliphatic rings. The number of rotatable bonds is 8. The fourth-order valence-electron chi connectivity index (χ4n) is 4.31. The second-order valence-electron chi connectivity index (χ2n) is 8.85. The summed E-state index contributed by atoms with van der Waals surface area (Å²) in [6.07, 6.45) is 3.25. The molecule has 10 heteroatoms. The highest BCUT2D eigenvalue weighted by atomic mass is 35.5. The molecule has 8 nitrogen and oxygen atoms in total. The number of carbonyl (C=O) groups is 1. The SMILES string of the molecule is CCCc1c(C#N)c(C(=O)NC2CCN(C(C)C)CC2)nn1Cc1cc(-c2ccc(Cl)s2)on1. The summed E-state index contributed by atoms with van der Waals surface area (Å²) in [6, 6.07) is 8.35. The number of amides is 1. The fourth-order valence-corrected chi connectivity index (χ4v) is 5.30. The Morgan fingerprint density at radius 3 is 2.76 bits per heavy atom. The minimum absolute atomic E-state index is 0.0875. The predicted molar refractivity (Wildman–Crippen MR) is 132 cm³/mol. The molecule has 1 amide bonds. The monoisotopic (exact) mass is 500 g/mol. The van der Waals surface area contributed by atoms with Crippen LogP contribution in [0.1, 0.15) is 67.5 Å². The molecular weight excluding hydrogens is 472 g/mol. The van der Waals surface area contributed by atoms with Crippen molar-refractivity contribution in [3.63, 3.8) is 0 Å². The maximum Gasteiger partial charge on any atom is 0.273 e. The van der Waals surface area contributed by atoms with Crippen LogP contribution in [0.5, 0.6) is 0 Å². The molecule has 0 aromatic carbocycles. The number of piperidine rings is 1. The number of aromatic nitrogens is 3. The maximum absolute atomic E-state index is 13.1. The van der Waals surface area contributed by atoms with Crippen LogP contribution in [0.2, 0.25) is 4.34 Å². The van der Waals surface area contributed by atoms with E-state index in [2.05, 4.69) is 40.4 Å². The first-order chi connectivity index (χ1) is 16.4. The molecule has 1 fully saturated rings. The molecule has 1 aliphatic heterocycles. The van der Waals surface area contributed by atoms with Gasteiger partial charge in [0.05, 0.1) is 21.5 Å². The Balaban J connectivity index is 1.52. The summed E-state index contributed by atoms with van der Waals surface area (Å²) in [5.41, 5.74) is 1.93. The quantitative estimate of drug-likeness (QED) is 0.480. The van der Waals surface area contributed by atoms with Crippen LogP contribution in [0, 0.1) is 11.3 Å². The van der Waals surface area contributed by atoms with Gasteiger partial charge in [0.2, 0.25) is 0 Å². The zero-order valence-corrected chi connectivity index (χ0v) is 21.2. The molecule has 4 rings (SSSR count). The lowest BCUT2D eigenvalue weighted by Crippen LogP contribution is -2.46. The molecule has 3 aromatic rings.